The Bertz CT molecular complexity index is 1250. The first-order valence-electron chi connectivity index (χ1n) is 12.0. The molecule has 0 spiro atoms. The third kappa shape index (κ3) is 6.26. The number of piperidine rings is 1. The first-order valence-corrected chi connectivity index (χ1v) is 13.8. The number of carbonyl (C=O) groups is 1. The van der Waals surface area contributed by atoms with Gasteiger partial charge in [-0.3, -0.25) is 4.79 Å². The summed E-state index contributed by atoms with van der Waals surface area (Å²) in [4.78, 5) is 14.8. The number of nitriles is 1. The van der Waals surface area contributed by atoms with Crippen LogP contribution in [0.4, 0.5) is 5.69 Å². The number of carbonyl (C=O) groups excluding carboxylic acids is 1. The number of nitrogens with one attached hydrogen (secondary N) is 1. The molecule has 190 valence electrons. The first kappa shape index (κ1) is 26.2. The van der Waals surface area contributed by atoms with Crippen molar-refractivity contribution in [1.29, 1.82) is 5.26 Å². The quantitative estimate of drug-likeness (QED) is 0.434. The fraction of sp³-hybridized carbons (Fsp3) is 0.385. The monoisotopic (exact) mass is 528 g/mol. The molecule has 0 atom stereocenters. The summed E-state index contributed by atoms with van der Waals surface area (Å²) in [5, 5.41) is 12.8. The van der Waals surface area contributed by atoms with Crippen molar-refractivity contribution in [3.63, 3.8) is 0 Å². The number of sulfonamides is 1. The smallest absolute Gasteiger partial charge is 0.266 e. The molecule has 2 saturated heterocycles. The lowest BCUT2D eigenvalue weighted by atomic mass is 9.90. The van der Waals surface area contributed by atoms with Crippen molar-refractivity contribution in [2.75, 3.05) is 44.7 Å². The summed E-state index contributed by atoms with van der Waals surface area (Å²) in [5.74, 6) is 0.149. The molecule has 0 bridgehead atoms. The first-order chi connectivity index (χ1) is 17.4. The van der Waals surface area contributed by atoms with Gasteiger partial charge in [-0.1, -0.05) is 41.9 Å². The second kappa shape index (κ2) is 11.9. The van der Waals surface area contributed by atoms with E-state index >= 15 is 0 Å². The number of amides is 1. The van der Waals surface area contributed by atoms with Crippen molar-refractivity contribution in [2.45, 2.75) is 24.2 Å². The van der Waals surface area contributed by atoms with E-state index in [4.69, 9.17) is 16.3 Å². The molecule has 4 rings (SSSR count). The summed E-state index contributed by atoms with van der Waals surface area (Å²) >= 11 is 6.27. The number of hydrogen-bond donors (Lipinski definition) is 1. The lowest BCUT2D eigenvalue weighted by molar-refractivity contribution is -0.128. The third-order valence-corrected chi connectivity index (χ3v) is 8.76. The Morgan fingerprint density at radius 3 is 2.47 bits per heavy atom. The van der Waals surface area contributed by atoms with E-state index in [1.165, 1.54) is 34.3 Å². The number of nitrogens with zero attached hydrogens (tertiary/aromatic N) is 3. The maximum Gasteiger partial charge on any atom is 0.266 e. The summed E-state index contributed by atoms with van der Waals surface area (Å²) in [6.07, 6.45) is 4.03. The van der Waals surface area contributed by atoms with E-state index in [0.717, 1.165) is 19.3 Å². The highest BCUT2D eigenvalue weighted by Crippen LogP contribution is 2.28. The topological polar surface area (TPSA) is 103 Å². The highest BCUT2D eigenvalue weighted by molar-refractivity contribution is 7.89. The molecule has 2 heterocycles. The molecule has 0 unspecified atom stereocenters. The van der Waals surface area contributed by atoms with Crippen LogP contribution in [0.2, 0.25) is 5.02 Å². The Labute approximate surface area is 217 Å². The van der Waals surface area contributed by atoms with E-state index in [1.54, 1.807) is 4.90 Å². The molecule has 2 aromatic carbocycles. The lowest BCUT2D eigenvalue weighted by Gasteiger charge is -2.32. The molecule has 1 amide bonds. The molecule has 0 saturated carbocycles. The van der Waals surface area contributed by atoms with Crippen molar-refractivity contribution in [1.82, 2.24) is 9.21 Å². The molecule has 8 nitrogen and oxygen atoms in total. The van der Waals surface area contributed by atoms with Crippen LogP contribution in [0, 0.1) is 17.2 Å². The molecular formula is C26H29ClN4O4S. The Morgan fingerprint density at radius 2 is 1.81 bits per heavy atom. The van der Waals surface area contributed by atoms with Crippen molar-refractivity contribution in [3.8, 4) is 6.07 Å². The van der Waals surface area contributed by atoms with Crippen LogP contribution in [0.5, 0.6) is 0 Å². The molecule has 0 aliphatic carbocycles. The normalized spacial score (nSPS) is 18.0. The molecular weight excluding hydrogens is 500 g/mol. The van der Waals surface area contributed by atoms with Gasteiger partial charge < -0.3 is 15.0 Å². The van der Waals surface area contributed by atoms with Gasteiger partial charge in [-0.25, -0.2) is 8.42 Å². The van der Waals surface area contributed by atoms with E-state index in [-0.39, 0.29) is 34.5 Å². The largest absolute Gasteiger partial charge is 0.379 e. The number of ether oxygens (including phenoxy) is 1. The van der Waals surface area contributed by atoms with Gasteiger partial charge in [0.2, 0.25) is 10.0 Å². The van der Waals surface area contributed by atoms with E-state index in [9.17, 15) is 18.5 Å². The molecule has 0 radical (unpaired) electrons. The zero-order chi connectivity index (χ0) is 25.5. The zero-order valence-electron chi connectivity index (χ0n) is 19.9. The molecule has 10 heteroatoms. The highest BCUT2D eigenvalue weighted by Gasteiger charge is 2.27. The summed E-state index contributed by atoms with van der Waals surface area (Å²) in [5.41, 5.74) is 1.53. The van der Waals surface area contributed by atoms with Crippen molar-refractivity contribution >= 4 is 33.2 Å². The number of rotatable bonds is 7. The van der Waals surface area contributed by atoms with Crippen LogP contribution in [-0.4, -0.2) is 62.9 Å². The van der Waals surface area contributed by atoms with Crippen LogP contribution >= 0.6 is 11.6 Å². The van der Waals surface area contributed by atoms with Gasteiger partial charge >= 0.3 is 0 Å². The lowest BCUT2D eigenvalue weighted by Crippen LogP contribution is -2.40. The summed E-state index contributed by atoms with van der Waals surface area (Å²) in [6, 6.07) is 16.6. The fourth-order valence-corrected chi connectivity index (χ4v) is 6.07. The second-order valence-electron chi connectivity index (χ2n) is 8.90. The SMILES string of the molecule is N#C/C(=C/Nc1cc(S(=O)(=O)N2CCOCC2)ccc1Cl)C(=O)N1CCC(Cc2ccccc2)CC1. The zero-order valence-corrected chi connectivity index (χ0v) is 21.5. The van der Waals surface area contributed by atoms with Crippen molar-refractivity contribution in [3.05, 3.63) is 70.9 Å². The Balaban J connectivity index is 1.40. The van der Waals surface area contributed by atoms with Gasteiger partial charge in [0.05, 0.1) is 28.8 Å². The van der Waals surface area contributed by atoms with Gasteiger partial charge in [-0.2, -0.15) is 9.57 Å². The van der Waals surface area contributed by atoms with Crippen LogP contribution in [0.15, 0.2) is 65.2 Å². The molecule has 0 aromatic heterocycles. The Kier molecular flexibility index (Phi) is 8.64. The van der Waals surface area contributed by atoms with Crippen LogP contribution < -0.4 is 5.32 Å². The van der Waals surface area contributed by atoms with Crippen molar-refractivity contribution < 1.29 is 17.9 Å². The van der Waals surface area contributed by atoms with E-state index < -0.39 is 10.0 Å². The number of likely N-dealkylation sites (tertiary alicyclic amines) is 1. The summed E-state index contributed by atoms with van der Waals surface area (Å²) in [6.45, 7) is 2.42. The van der Waals surface area contributed by atoms with Crippen LogP contribution in [-0.2, 0) is 26.0 Å². The predicted molar refractivity (Wildman–Crippen MR) is 138 cm³/mol. The predicted octanol–water partition coefficient (Wildman–Crippen LogP) is 3.66. The molecule has 36 heavy (non-hydrogen) atoms. The molecule has 2 fully saturated rings. The maximum absolute atomic E-state index is 13.0. The van der Waals surface area contributed by atoms with E-state index in [2.05, 4.69) is 17.4 Å². The molecule has 2 aromatic rings. The average molecular weight is 529 g/mol. The van der Waals surface area contributed by atoms with Crippen LogP contribution in [0.1, 0.15) is 18.4 Å². The fourth-order valence-electron chi connectivity index (χ4n) is 4.46. The van der Waals surface area contributed by atoms with Crippen molar-refractivity contribution in [2.24, 2.45) is 5.92 Å². The number of halogens is 1. The maximum atomic E-state index is 13.0. The van der Waals surface area contributed by atoms with Gasteiger partial charge in [0.1, 0.15) is 11.6 Å². The van der Waals surface area contributed by atoms with Gasteiger partial charge in [0.15, 0.2) is 0 Å². The van der Waals surface area contributed by atoms with Gasteiger partial charge in [-0.15, -0.1) is 0 Å². The number of benzene rings is 2. The Hall–Kier alpha value is -2.90. The molecule has 1 N–H and O–H groups in total. The van der Waals surface area contributed by atoms with E-state index in [1.807, 2.05) is 24.3 Å². The standard InChI is InChI=1S/C26H29ClN4O4S/c27-24-7-6-23(36(33,34)31-12-14-35-15-13-31)17-25(24)29-19-22(18-28)26(32)30-10-8-21(9-11-30)16-20-4-2-1-3-5-20/h1-7,17,19,21,29H,8-16H2/b22-19-. The summed E-state index contributed by atoms with van der Waals surface area (Å²) in [7, 11) is -3.71. The van der Waals surface area contributed by atoms with Crippen LogP contribution in [0.25, 0.3) is 0 Å². The number of hydrogen-bond acceptors (Lipinski definition) is 6. The third-order valence-electron chi connectivity index (χ3n) is 6.54. The average Bonchev–Trinajstić information content (AvgIpc) is 2.91. The van der Waals surface area contributed by atoms with Crippen LogP contribution in [0.3, 0.4) is 0 Å². The number of anilines is 1. The van der Waals surface area contributed by atoms with Gasteiger partial charge in [0, 0.05) is 32.4 Å². The van der Waals surface area contributed by atoms with Gasteiger partial charge in [-0.05, 0) is 48.9 Å². The number of morpholine rings is 1. The minimum absolute atomic E-state index is 0.0611. The molecule has 2 aliphatic heterocycles. The Morgan fingerprint density at radius 1 is 1.11 bits per heavy atom. The second-order valence-corrected chi connectivity index (χ2v) is 11.2. The minimum Gasteiger partial charge on any atom is -0.379 e. The molecule has 2 aliphatic rings. The summed E-state index contributed by atoms with van der Waals surface area (Å²) < 4.78 is 32.6. The minimum atomic E-state index is -3.71. The highest BCUT2D eigenvalue weighted by atomic mass is 35.5. The van der Waals surface area contributed by atoms with E-state index in [0.29, 0.717) is 37.9 Å². The van der Waals surface area contributed by atoms with Gasteiger partial charge in [0.25, 0.3) is 5.91 Å².